The first-order chi connectivity index (χ1) is 10.8. The molecule has 6 nitrogen and oxygen atoms in total. The standard InChI is InChI=1S/C16H19NO5/c1-19-16-11(7-17)12(8-18)14-13(21-16)9-20-15(22-14)10-5-3-2-4-6-10/h2-6,11-16,18H,8-9H2,1H3/t11-,12-,13+,14-,15?,16-/m0/s1. The fourth-order valence-corrected chi connectivity index (χ4v) is 3.06. The molecule has 6 heteroatoms. The van der Waals surface area contributed by atoms with Gasteiger partial charge in [-0.05, 0) is 0 Å². The molecule has 22 heavy (non-hydrogen) atoms. The average Bonchev–Trinajstić information content (AvgIpc) is 2.60. The molecule has 2 fully saturated rings. The minimum atomic E-state index is -0.677. The van der Waals surface area contributed by atoms with Gasteiger partial charge in [0.05, 0.1) is 18.8 Å². The van der Waals surface area contributed by atoms with Crippen molar-refractivity contribution in [3.05, 3.63) is 35.9 Å². The third-order valence-electron chi connectivity index (χ3n) is 4.21. The van der Waals surface area contributed by atoms with Crippen LogP contribution in [0.1, 0.15) is 11.9 Å². The molecule has 2 heterocycles. The van der Waals surface area contributed by atoms with Gasteiger partial charge in [-0.15, -0.1) is 0 Å². The molecule has 118 valence electrons. The maximum Gasteiger partial charge on any atom is 0.184 e. The van der Waals surface area contributed by atoms with E-state index in [-0.39, 0.29) is 18.6 Å². The second-order valence-corrected chi connectivity index (χ2v) is 5.46. The van der Waals surface area contributed by atoms with Crippen LogP contribution in [0.3, 0.4) is 0 Å². The molecule has 0 radical (unpaired) electrons. The van der Waals surface area contributed by atoms with Gasteiger partial charge in [-0.1, -0.05) is 30.3 Å². The van der Waals surface area contributed by atoms with E-state index >= 15 is 0 Å². The molecule has 0 aromatic heterocycles. The van der Waals surface area contributed by atoms with Gasteiger partial charge in [-0.25, -0.2) is 0 Å². The van der Waals surface area contributed by atoms with Crippen LogP contribution in [0.4, 0.5) is 0 Å². The van der Waals surface area contributed by atoms with E-state index in [2.05, 4.69) is 6.07 Å². The molecule has 2 saturated heterocycles. The maximum absolute atomic E-state index is 9.72. The summed E-state index contributed by atoms with van der Waals surface area (Å²) in [6.45, 7) is 0.170. The zero-order chi connectivity index (χ0) is 15.5. The topological polar surface area (TPSA) is 80.9 Å². The van der Waals surface area contributed by atoms with Crippen molar-refractivity contribution < 1.29 is 24.1 Å². The summed E-state index contributed by atoms with van der Waals surface area (Å²) in [4.78, 5) is 0. The van der Waals surface area contributed by atoms with Gasteiger partial charge in [-0.3, -0.25) is 0 Å². The molecular weight excluding hydrogens is 286 g/mol. The predicted octanol–water partition coefficient (Wildman–Crippen LogP) is 1.22. The van der Waals surface area contributed by atoms with Crippen LogP contribution in [-0.4, -0.2) is 43.9 Å². The molecule has 3 rings (SSSR count). The van der Waals surface area contributed by atoms with Crippen molar-refractivity contribution in [2.75, 3.05) is 20.3 Å². The lowest BCUT2D eigenvalue weighted by Crippen LogP contribution is -2.57. The first-order valence-electron chi connectivity index (χ1n) is 7.29. The number of benzene rings is 1. The number of nitriles is 1. The highest BCUT2D eigenvalue weighted by molar-refractivity contribution is 5.16. The lowest BCUT2D eigenvalue weighted by atomic mass is 9.83. The van der Waals surface area contributed by atoms with E-state index in [1.165, 1.54) is 7.11 Å². The van der Waals surface area contributed by atoms with Crippen molar-refractivity contribution in [1.29, 1.82) is 5.26 Å². The van der Waals surface area contributed by atoms with Crippen molar-refractivity contribution in [3.63, 3.8) is 0 Å². The molecule has 0 spiro atoms. The highest BCUT2D eigenvalue weighted by atomic mass is 16.7. The summed E-state index contributed by atoms with van der Waals surface area (Å²) >= 11 is 0. The monoisotopic (exact) mass is 305 g/mol. The SMILES string of the molecule is CO[C@H]1O[C@@H]2COC(c3ccccc3)O[C@H]2[C@@H](CO)[C@@H]1C#N. The van der Waals surface area contributed by atoms with Crippen LogP contribution >= 0.6 is 0 Å². The van der Waals surface area contributed by atoms with E-state index in [1.54, 1.807) is 0 Å². The van der Waals surface area contributed by atoms with Crippen LogP contribution in [0, 0.1) is 23.2 Å². The van der Waals surface area contributed by atoms with Crippen LogP contribution in [-0.2, 0) is 18.9 Å². The summed E-state index contributed by atoms with van der Waals surface area (Å²) in [6.07, 6.45) is -1.95. The Hall–Kier alpha value is -1.49. The number of hydrogen-bond acceptors (Lipinski definition) is 6. The smallest absolute Gasteiger partial charge is 0.184 e. The molecule has 6 atom stereocenters. The van der Waals surface area contributed by atoms with Gasteiger partial charge in [-0.2, -0.15) is 5.26 Å². The third kappa shape index (κ3) is 2.74. The number of ether oxygens (including phenoxy) is 4. The number of nitrogens with zero attached hydrogens (tertiary/aromatic N) is 1. The Morgan fingerprint density at radius 1 is 1.32 bits per heavy atom. The summed E-state index contributed by atoms with van der Waals surface area (Å²) in [6, 6.07) is 11.7. The molecule has 1 unspecified atom stereocenters. The summed E-state index contributed by atoms with van der Waals surface area (Å²) in [5, 5.41) is 19.1. The van der Waals surface area contributed by atoms with E-state index in [0.717, 1.165) is 5.56 Å². The molecule has 2 aliphatic rings. The molecule has 0 aliphatic carbocycles. The van der Waals surface area contributed by atoms with E-state index in [1.807, 2.05) is 30.3 Å². The highest BCUT2D eigenvalue weighted by Gasteiger charge is 2.49. The summed E-state index contributed by atoms with van der Waals surface area (Å²) in [7, 11) is 1.49. The molecule has 0 bridgehead atoms. The van der Waals surface area contributed by atoms with Crippen LogP contribution in [0.25, 0.3) is 0 Å². The normalized spacial score (nSPS) is 38.0. The Morgan fingerprint density at radius 2 is 2.09 bits per heavy atom. The van der Waals surface area contributed by atoms with Crippen molar-refractivity contribution in [1.82, 2.24) is 0 Å². The second-order valence-electron chi connectivity index (χ2n) is 5.46. The largest absolute Gasteiger partial charge is 0.396 e. The average molecular weight is 305 g/mol. The number of rotatable bonds is 3. The number of methoxy groups -OCH3 is 1. The molecule has 1 aromatic carbocycles. The van der Waals surface area contributed by atoms with Gasteiger partial charge in [0.15, 0.2) is 12.6 Å². The molecular formula is C16H19NO5. The molecule has 0 saturated carbocycles. The van der Waals surface area contributed by atoms with Gasteiger partial charge in [0.2, 0.25) is 0 Å². The molecule has 1 N–H and O–H groups in total. The minimum absolute atomic E-state index is 0.163. The second kappa shape index (κ2) is 6.73. The van der Waals surface area contributed by atoms with Crippen molar-refractivity contribution in [2.45, 2.75) is 24.8 Å². The number of aliphatic hydroxyl groups is 1. The third-order valence-corrected chi connectivity index (χ3v) is 4.21. The Balaban J connectivity index is 1.81. The van der Waals surface area contributed by atoms with Gasteiger partial charge < -0.3 is 24.1 Å². The van der Waals surface area contributed by atoms with E-state index in [9.17, 15) is 10.4 Å². The quantitative estimate of drug-likeness (QED) is 0.904. The van der Waals surface area contributed by atoms with Crippen LogP contribution in [0.5, 0.6) is 0 Å². The predicted molar refractivity (Wildman–Crippen MR) is 75.4 cm³/mol. The number of fused-ring (bicyclic) bond motifs is 1. The van der Waals surface area contributed by atoms with E-state index < -0.39 is 24.6 Å². The van der Waals surface area contributed by atoms with Gasteiger partial charge in [0, 0.05) is 25.2 Å². The van der Waals surface area contributed by atoms with E-state index in [0.29, 0.717) is 6.61 Å². The van der Waals surface area contributed by atoms with E-state index in [4.69, 9.17) is 18.9 Å². The number of aliphatic hydroxyl groups excluding tert-OH is 1. The zero-order valence-corrected chi connectivity index (χ0v) is 12.3. The molecule has 2 aliphatic heterocycles. The fraction of sp³-hybridized carbons (Fsp3) is 0.562. The minimum Gasteiger partial charge on any atom is -0.396 e. The summed E-state index contributed by atoms with van der Waals surface area (Å²) in [5.41, 5.74) is 0.903. The van der Waals surface area contributed by atoms with Gasteiger partial charge in [0.1, 0.15) is 12.0 Å². The summed E-state index contributed by atoms with van der Waals surface area (Å²) in [5.74, 6) is -0.949. The lowest BCUT2D eigenvalue weighted by Gasteiger charge is -2.47. The van der Waals surface area contributed by atoms with Crippen LogP contribution in [0.15, 0.2) is 30.3 Å². The first-order valence-corrected chi connectivity index (χ1v) is 7.29. The lowest BCUT2D eigenvalue weighted by molar-refractivity contribution is -0.339. The summed E-state index contributed by atoms with van der Waals surface area (Å²) < 4.78 is 22.7. The molecule has 1 aromatic rings. The maximum atomic E-state index is 9.72. The molecule has 0 amide bonds. The van der Waals surface area contributed by atoms with Crippen molar-refractivity contribution >= 4 is 0 Å². The van der Waals surface area contributed by atoms with Crippen molar-refractivity contribution in [3.8, 4) is 6.07 Å². The van der Waals surface area contributed by atoms with Crippen LogP contribution < -0.4 is 0 Å². The zero-order valence-electron chi connectivity index (χ0n) is 12.3. The Morgan fingerprint density at radius 3 is 2.73 bits per heavy atom. The highest BCUT2D eigenvalue weighted by Crippen LogP contribution is 2.39. The number of hydrogen-bond donors (Lipinski definition) is 1. The Bertz CT molecular complexity index is 531. The van der Waals surface area contributed by atoms with Gasteiger partial charge in [0.25, 0.3) is 0 Å². The van der Waals surface area contributed by atoms with Crippen molar-refractivity contribution in [2.24, 2.45) is 11.8 Å². The Kier molecular flexibility index (Phi) is 4.71. The van der Waals surface area contributed by atoms with Gasteiger partial charge >= 0.3 is 0 Å². The van der Waals surface area contributed by atoms with Crippen LogP contribution in [0.2, 0.25) is 0 Å². The Labute approximate surface area is 129 Å². The fourth-order valence-electron chi connectivity index (χ4n) is 3.06. The first kappa shape index (κ1) is 15.4.